The number of ketones is 1. The van der Waals surface area contributed by atoms with Crippen molar-refractivity contribution in [3.63, 3.8) is 0 Å². The summed E-state index contributed by atoms with van der Waals surface area (Å²) >= 11 is 0. The van der Waals surface area contributed by atoms with Gasteiger partial charge in [-0.1, -0.05) is 6.42 Å². The molecule has 0 aromatic heterocycles. The predicted molar refractivity (Wildman–Crippen MR) is 39.6 cm³/mol. The highest BCUT2D eigenvalue weighted by Crippen LogP contribution is 2.48. The Hall–Kier alpha value is -0.330. The van der Waals surface area contributed by atoms with Gasteiger partial charge in [0.05, 0.1) is 0 Å². The number of rotatable bonds is 1. The van der Waals surface area contributed by atoms with Gasteiger partial charge in [0.15, 0.2) is 0 Å². The van der Waals surface area contributed by atoms with Gasteiger partial charge >= 0.3 is 0 Å². The predicted octanol–water partition coefficient (Wildman–Crippen LogP) is 2.01. The Bertz CT molecular complexity index is 162. The van der Waals surface area contributed by atoms with Crippen LogP contribution in [0.4, 0.5) is 0 Å². The van der Waals surface area contributed by atoms with Crippen LogP contribution >= 0.6 is 0 Å². The fourth-order valence-electron chi connectivity index (χ4n) is 2.74. The van der Waals surface area contributed by atoms with Crippen LogP contribution in [0.3, 0.4) is 0 Å². The molecule has 10 heavy (non-hydrogen) atoms. The molecule has 2 aliphatic rings. The molecule has 1 heteroatoms. The summed E-state index contributed by atoms with van der Waals surface area (Å²) in [7, 11) is 0. The first-order valence-electron chi connectivity index (χ1n) is 4.28. The zero-order chi connectivity index (χ0) is 7.14. The first kappa shape index (κ1) is 6.38. The quantitative estimate of drug-likeness (QED) is 0.541. The Balaban J connectivity index is 2.08. The Morgan fingerprint density at radius 3 is 2.40 bits per heavy atom. The fourth-order valence-corrected chi connectivity index (χ4v) is 2.74. The molecule has 0 heterocycles. The number of carbonyl (C=O) groups is 1. The Labute approximate surface area is 61.8 Å². The molecule has 2 fully saturated rings. The maximum atomic E-state index is 11.0. The number of hydrogen-bond acceptors (Lipinski definition) is 1. The molecule has 0 amide bonds. The third-order valence-electron chi connectivity index (χ3n) is 3.26. The lowest BCUT2D eigenvalue weighted by Crippen LogP contribution is -2.17. The average molecular weight is 138 g/mol. The summed E-state index contributed by atoms with van der Waals surface area (Å²) in [6.07, 6.45) is 5.29. The first-order chi connectivity index (χ1) is 4.77. The highest BCUT2D eigenvalue weighted by Gasteiger charge is 2.41. The molecule has 56 valence electrons. The van der Waals surface area contributed by atoms with Gasteiger partial charge in [-0.3, -0.25) is 4.79 Å². The smallest absolute Gasteiger partial charge is 0.133 e. The average Bonchev–Trinajstić information content (AvgIpc) is 2.44. The molecule has 1 nitrogen and oxygen atoms in total. The van der Waals surface area contributed by atoms with Crippen molar-refractivity contribution in [1.82, 2.24) is 0 Å². The third-order valence-corrected chi connectivity index (χ3v) is 3.26. The van der Waals surface area contributed by atoms with E-state index < -0.39 is 0 Å². The second kappa shape index (κ2) is 2.08. The van der Waals surface area contributed by atoms with Gasteiger partial charge in [0, 0.05) is 5.92 Å². The van der Waals surface area contributed by atoms with Gasteiger partial charge < -0.3 is 0 Å². The van der Waals surface area contributed by atoms with Crippen molar-refractivity contribution < 1.29 is 4.79 Å². The maximum absolute atomic E-state index is 11.0. The molecule has 0 radical (unpaired) electrons. The molecule has 3 atom stereocenters. The van der Waals surface area contributed by atoms with E-state index in [0.29, 0.717) is 11.7 Å². The zero-order valence-corrected chi connectivity index (χ0v) is 6.47. The molecular weight excluding hydrogens is 124 g/mol. The fraction of sp³-hybridized carbons (Fsp3) is 0.889. The van der Waals surface area contributed by atoms with E-state index >= 15 is 0 Å². The summed E-state index contributed by atoms with van der Waals surface area (Å²) in [5.41, 5.74) is 0. The van der Waals surface area contributed by atoms with Crippen molar-refractivity contribution in [2.24, 2.45) is 17.8 Å². The first-order valence-corrected chi connectivity index (χ1v) is 4.28. The van der Waals surface area contributed by atoms with Gasteiger partial charge in [0.25, 0.3) is 0 Å². The summed E-state index contributed by atoms with van der Waals surface area (Å²) in [5, 5.41) is 0. The van der Waals surface area contributed by atoms with Gasteiger partial charge in [0.2, 0.25) is 0 Å². The lowest BCUT2D eigenvalue weighted by Gasteiger charge is -2.17. The molecule has 0 N–H and O–H groups in total. The standard InChI is InChI=1S/C9H14O/c1-6(10)9-5-7-2-3-8(9)4-7/h7-9H,2-5H2,1H3/t7?,8?,9-/m0/s1. The van der Waals surface area contributed by atoms with Gasteiger partial charge in [-0.15, -0.1) is 0 Å². The van der Waals surface area contributed by atoms with Crippen LogP contribution in [0.15, 0.2) is 0 Å². The lowest BCUT2D eigenvalue weighted by molar-refractivity contribution is -0.122. The Kier molecular flexibility index (Phi) is 1.33. The second-order valence-electron chi connectivity index (χ2n) is 3.89. The maximum Gasteiger partial charge on any atom is 0.133 e. The molecule has 0 aliphatic heterocycles. The van der Waals surface area contributed by atoms with Gasteiger partial charge in [-0.2, -0.15) is 0 Å². The van der Waals surface area contributed by atoms with Crippen LogP contribution in [0.2, 0.25) is 0 Å². The number of hydrogen-bond donors (Lipinski definition) is 0. The van der Waals surface area contributed by atoms with E-state index in [-0.39, 0.29) is 0 Å². The monoisotopic (exact) mass is 138 g/mol. The van der Waals surface area contributed by atoms with E-state index in [1.54, 1.807) is 6.92 Å². The minimum absolute atomic E-state index is 0.437. The molecule has 0 aromatic carbocycles. The summed E-state index contributed by atoms with van der Waals surface area (Å²) < 4.78 is 0. The Morgan fingerprint density at radius 2 is 2.10 bits per heavy atom. The highest BCUT2D eigenvalue weighted by molar-refractivity contribution is 5.79. The van der Waals surface area contributed by atoms with Crippen molar-refractivity contribution in [3.8, 4) is 0 Å². The van der Waals surface area contributed by atoms with Crippen molar-refractivity contribution in [3.05, 3.63) is 0 Å². The highest BCUT2D eigenvalue weighted by atomic mass is 16.1. The minimum Gasteiger partial charge on any atom is -0.300 e. The number of Topliss-reactive ketones (excluding diaryl/α,β-unsaturated/α-hetero) is 1. The third kappa shape index (κ3) is 0.799. The van der Waals surface area contributed by atoms with E-state index in [2.05, 4.69) is 0 Å². The van der Waals surface area contributed by atoms with E-state index in [9.17, 15) is 4.79 Å². The van der Waals surface area contributed by atoms with Gasteiger partial charge in [-0.05, 0) is 38.0 Å². The van der Waals surface area contributed by atoms with Crippen molar-refractivity contribution >= 4 is 5.78 Å². The van der Waals surface area contributed by atoms with E-state index in [0.717, 1.165) is 11.8 Å². The topological polar surface area (TPSA) is 17.1 Å². The van der Waals surface area contributed by atoms with Crippen molar-refractivity contribution in [2.45, 2.75) is 32.6 Å². The van der Waals surface area contributed by atoms with Gasteiger partial charge in [-0.25, -0.2) is 0 Å². The van der Waals surface area contributed by atoms with Crippen LogP contribution in [-0.2, 0) is 4.79 Å². The molecule has 2 aliphatic carbocycles. The second-order valence-corrected chi connectivity index (χ2v) is 3.89. The van der Waals surface area contributed by atoms with E-state index in [1.807, 2.05) is 0 Å². The summed E-state index contributed by atoms with van der Waals surface area (Å²) in [4.78, 5) is 11.0. The normalized spacial score (nSPS) is 44.3. The van der Waals surface area contributed by atoms with Gasteiger partial charge in [0.1, 0.15) is 5.78 Å². The SMILES string of the molecule is CC(=O)[C@@H]1CC2CCC1C2. The number of fused-ring (bicyclic) bond motifs is 2. The van der Waals surface area contributed by atoms with Crippen molar-refractivity contribution in [2.75, 3.05) is 0 Å². The molecule has 2 rings (SSSR count). The largest absolute Gasteiger partial charge is 0.300 e. The zero-order valence-electron chi connectivity index (χ0n) is 6.47. The van der Waals surface area contributed by atoms with Crippen LogP contribution in [0.5, 0.6) is 0 Å². The summed E-state index contributed by atoms with van der Waals surface area (Å²) in [5.74, 6) is 2.59. The van der Waals surface area contributed by atoms with Crippen molar-refractivity contribution in [1.29, 1.82) is 0 Å². The molecular formula is C9H14O. The molecule has 2 saturated carbocycles. The van der Waals surface area contributed by atoms with Crippen LogP contribution in [0.25, 0.3) is 0 Å². The minimum atomic E-state index is 0.437. The summed E-state index contributed by atoms with van der Waals surface area (Å²) in [6, 6.07) is 0. The van der Waals surface area contributed by atoms with E-state index in [4.69, 9.17) is 0 Å². The van der Waals surface area contributed by atoms with E-state index in [1.165, 1.54) is 25.7 Å². The lowest BCUT2D eigenvalue weighted by atomic mass is 9.86. The van der Waals surface area contributed by atoms with Crippen LogP contribution in [0.1, 0.15) is 32.6 Å². The molecule has 0 spiro atoms. The molecule has 0 aromatic rings. The summed E-state index contributed by atoms with van der Waals surface area (Å²) in [6.45, 7) is 1.76. The van der Waals surface area contributed by atoms with Crippen LogP contribution in [0, 0.1) is 17.8 Å². The van der Waals surface area contributed by atoms with Crippen LogP contribution in [-0.4, -0.2) is 5.78 Å². The molecule has 0 saturated heterocycles. The number of carbonyl (C=O) groups excluding carboxylic acids is 1. The molecule has 2 unspecified atom stereocenters. The molecule has 2 bridgehead atoms. The Morgan fingerprint density at radius 1 is 1.30 bits per heavy atom. The van der Waals surface area contributed by atoms with Crippen LogP contribution < -0.4 is 0 Å².